The lowest BCUT2D eigenvalue weighted by Gasteiger charge is -1.98. The molecule has 0 aliphatic carbocycles. The van der Waals surface area contributed by atoms with Crippen LogP contribution in [0.3, 0.4) is 0 Å². The second kappa shape index (κ2) is 3.58. The molecule has 0 aliphatic heterocycles. The van der Waals surface area contributed by atoms with Crippen LogP contribution in [0.4, 0.5) is 0 Å². The standard InChI is InChI=1S/C6H6INO3S/c8-12(10,11)6-4-2-1-3-5(6)7-9/h1-4H,(H2,8,10,11). The second-order valence-corrected chi connectivity index (χ2v) is 5.19. The van der Waals surface area contributed by atoms with Gasteiger partial charge in [0.25, 0.3) is 0 Å². The highest BCUT2D eigenvalue weighted by molar-refractivity contribution is 14.1. The van der Waals surface area contributed by atoms with E-state index < -0.39 is 31.2 Å². The average molecular weight is 299 g/mol. The molecule has 0 saturated carbocycles. The number of nitrogens with two attached hydrogens (primary N) is 1. The minimum absolute atomic E-state index is 0.0344. The molecule has 0 bridgehead atoms. The van der Waals surface area contributed by atoms with E-state index in [4.69, 9.17) is 5.14 Å². The smallest absolute Gasteiger partial charge is 0.239 e. The summed E-state index contributed by atoms with van der Waals surface area (Å²) in [7, 11) is -3.72. The molecule has 6 heteroatoms. The number of sulfonamides is 1. The fourth-order valence-corrected chi connectivity index (χ4v) is 3.23. The third-order valence-electron chi connectivity index (χ3n) is 1.23. The number of benzene rings is 1. The molecule has 0 saturated heterocycles. The molecule has 0 heterocycles. The zero-order valence-corrected chi connectivity index (χ0v) is 8.87. The van der Waals surface area contributed by atoms with Crippen LogP contribution in [0.5, 0.6) is 0 Å². The molecular formula is C6H6INO3S. The Morgan fingerprint density at radius 3 is 2.25 bits per heavy atom. The van der Waals surface area contributed by atoms with Gasteiger partial charge >= 0.3 is 0 Å². The van der Waals surface area contributed by atoms with Crippen molar-refractivity contribution < 1.29 is 11.5 Å². The van der Waals surface area contributed by atoms with Gasteiger partial charge in [-0.05, 0) is 12.1 Å². The molecule has 0 aromatic heterocycles. The first-order valence-electron chi connectivity index (χ1n) is 2.94. The van der Waals surface area contributed by atoms with Crippen molar-refractivity contribution in [1.29, 1.82) is 0 Å². The van der Waals surface area contributed by atoms with E-state index in [9.17, 15) is 11.5 Å². The molecule has 0 fully saturated rings. The Labute approximate surface area is 80.5 Å². The third kappa shape index (κ3) is 2.08. The third-order valence-corrected chi connectivity index (χ3v) is 3.98. The highest BCUT2D eigenvalue weighted by atomic mass is 127. The summed E-state index contributed by atoms with van der Waals surface area (Å²) in [6.45, 7) is 0. The summed E-state index contributed by atoms with van der Waals surface area (Å²) >= 11 is -1.49. The lowest BCUT2D eigenvalue weighted by molar-refractivity contribution is 0.597. The summed E-state index contributed by atoms with van der Waals surface area (Å²) in [6, 6.07) is 6.02. The summed E-state index contributed by atoms with van der Waals surface area (Å²) in [4.78, 5) is -0.0344. The molecule has 1 aromatic rings. The van der Waals surface area contributed by atoms with Crippen molar-refractivity contribution in [2.45, 2.75) is 4.90 Å². The van der Waals surface area contributed by atoms with Crippen LogP contribution in [-0.2, 0) is 13.1 Å². The summed E-state index contributed by atoms with van der Waals surface area (Å²) in [5, 5.41) is 4.88. The van der Waals surface area contributed by atoms with Gasteiger partial charge in [0.1, 0.15) is 0 Å². The summed E-state index contributed by atoms with van der Waals surface area (Å²) in [5.74, 6) is 0. The maximum absolute atomic E-state index is 10.9. The largest absolute Gasteiger partial charge is 0.265 e. The predicted octanol–water partition coefficient (Wildman–Crippen LogP) is 0.820. The minimum atomic E-state index is -3.72. The van der Waals surface area contributed by atoms with Crippen LogP contribution in [0, 0.1) is 3.57 Å². The first-order valence-corrected chi connectivity index (χ1v) is 6.45. The van der Waals surface area contributed by atoms with Crippen molar-refractivity contribution in [2.24, 2.45) is 5.14 Å². The van der Waals surface area contributed by atoms with Crippen LogP contribution in [0.25, 0.3) is 0 Å². The van der Waals surface area contributed by atoms with Gasteiger partial charge in [0, 0.05) is 0 Å². The Bertz CT molecular complexity index is 401. The maximum Gasteiger partial charge on any atom is 0.239 e. The highest BCUT2D eigenvalue weighted by Crippen LogP contribution is 2.18. The summed E-state index contributed by atoms with van der Waals surface area (Å²) < 4.78 is 32.6. The van der Waals surface area contributed by atoms with Gasteiger partial charge in [0.2, 0.25) is 10.0 Å². The number of rotatable bonds is 2. The molecular weight excluding hydrogens is 293 g/mol. The predicted molar refractivity (Wildman–Crippen MR) is 51.2 cm³/mol. The molecule has 66 valence electrons. The van der Waals surface area contributed by atoms with Gasteiger partial charge in [0.05, 0.1) is 8.47 Å². The lowest BCUT2D eigenvalue weighted by Crippen LogP contribution is -2.13. The quantitative estimate of drug-likeness (QED) is 0.821. The zero-order valence-electron chi connectivity index (χ0n) is 5.90. The molecule has 4 nitrogen and oxygen atoms in total. The van der Waals surface area contributed by atoms with Gasteiger partial charge in [-0.15, -0.1) is 0 Å². The summed E-state index contributed by atoms with van der Waals surface area (Å²) in [5.41, 5.74) is 0. The van der Waals surface area contributed by atoms with Crippen molar-refractivity contribution in [2.75, 3.05) is 0 Å². The van der Waals surface area contributed by atoms with E-state index in [-0.39, 0.29) is 4.90 Å². The van der Waals surface area contributed by atoms with E-state index in [1.165, 1.54) is 12.1 Å². The van der Waals surface area contributed by atoms with Gasteiger partial charge in [-0.25, -0.2) is 13.6 Å². The fourth-order valence-electron chi connectivity index (χ4n) is 0.739. The van der Waals surface area contributed by atoms with Crippen LogP contribution in [-0.4, -0.2) is 8.42 Å². The monoisotopic (exact) mass is 299 g/mol. The lowest BCUT2D eigenvalue weighted by atomic mass is 10.4. The van der Waals surface area contributed by atoms with E-state index >= 15 is 0 Å². The van der Waals surface area contributed by atoms with Crippen molar-refractivity contribution in [3.63, 3.8) is 0 Å². The molecule has 0 atom stereocenters. The van der Waals surface area contributed by atoms with Gasteiger partial charge in [0.15, 0.2) is 21.2 Å². The molecule has 0 radical (unpaired) electrons. The van der Waals surface area contributed by atoms with Crippen molar-refractivity contribution >= 4 is 31.2 Å². The van der Waals surface area contributed by atoms with Crippen LogP contribution >= 0.6 is 21.2 Å². The van der Waals surface area contributed by atoms with E-state index in [0.717, 1.165) is 0 Å². The average Bonchev–Trinajstić information content (AvgIpc) is 2.03. The van der Waals surface area contributed by atoms with Crippen LogP contribution in [0.15, 0.2) is 29.2 Å². The minimum Gasteiger partial charge on any atom is -0.265 e. The Morgan fingerprint density at radius 2 is 1.83 bits per heavy atom. The zero-order chi connectivity index (χ0) is 9.19. The number of primary sulfonamides is 1. The molecule has 0 unspecified atom stereocenters. The first-order chi connectivity index (χ1) is 5.55. The van der Waals surface area contributed by atoms with Crippen LogP contribution < -0.4 is 5.14 Å². The van der Waals surface area contributed by atoms with E-state index in [1.807, 2.05) is 0 Å². The molecule has 0 spiro atoms. The molecule has 1 aromatic carbocycles. The molecule has 0 amide bonds. The van der Waals surface area contributed by atoms with Gasteiger partial charge < -0.3 is 0 Å². The highest BCUT2D eigenvalue weighted by Gasteiger charge is 2.12. The number of halogens is 1. The van der Waals surface area contributed by atoms with Crippen LogP contribution in [0.2, 0.25) is 0 Å². The molecule has 0 aliphatic rings. The Balaban J connectivity index is 3.43. The SMILES string of the molecule is NS(=O)(=O)c1ccccc1I=O. The van der Waals surface area contributed by atoms with E-state index in [0.29, 0.717) is 3.57 Å². The van der Waals surface area contributed by atoms with Gasteiger partial charge in [-0.1, -0.05) is 12.1 Å². The Kier molecular flexibility index (Phi) is 2.91. The normalized spacial score (nSPS) is 11.4. The van der Waals surface area contributed by atoms with Gasteiger partial charge in [-0.3, -0.25) is 3.07 Å². The number of hydrogen-bond donors (Lipinski definition) is 1. The van der Waals surface area contributed by atoms with Crippen molar-refractivity contribution in [1.82, 2.24) is 0 Å². The first kappa shape index (κ1) is 9.75. The Hall–Kier alpha value is -0.340. The van der Waals surface area contributed by atoms with Crippen molar-refractivity contribution in [3.05, 3.63) is 27.8 Å². The molecule has 2 N–H and O–H groups in total. The molecule has 1 rings (SSSR count). The van der Waals surface area contributed by atoms with E-state index in [1.54, 1.807) is 12.1 Å². The van der Waals surface area contributed by atoms with Crippen LogP contribution in [0.1, 0.15) is 0 Å². The molecule has 12 heavy (non-hydrogen) atoms. The van der Waals surface area contributed by atoms with E-state index in [2.05, 4.69) is 0 Å². The van der Waals surface area contributed by atoms with Crippen molar-refractivity contribution in [3.8, 4) is 0 Å². The Morgan fingerprint density at radius 1 is 1.25 bits per heavy atom. The van der Waals surface area contributed by atoms with Gasteiger partial charge in [-0.2, -0.15) is 0 Å². The summed E-state index contributed by atoms with van der Waals surface area (Å²) in [6.07, 6.45) is 0. The second-order valence-electron chi connectivity index (χ2n) is 2.05. The topological polar surface area (TPSA) is 77.2 Å². The number of hydrogen-bond acceptors (Lipinski definition) is 3. The maximum atomic E-state index is 10.9. The fraction of sp³-hybridized carbons (Fsp3) is 0.